The molecule has 0 saturated heterocycles. The van der Waals surface area contributed by atoms with Crippen molar-refractivity contribution in [3.63, 3.8) is 0 Å². The van der Waals surface area contributed by atoms with Crippen molar-refractivity contribution in [2.75, 3.05) is 7.11 Å². The van der Waals surface area contributed by atoms with Crippen molar-refractivity contribution in [1.29, 1.82) is 0 Å². The monoisotopic (exact) mass is 432 g/mol. The molecule has 3 N–H and O–H groups in total. The summed E-state index contributed by atoms with van der Waals surface area (Å²) in [6.07, 6.45) is 4.90. The summed E-state index contributed by atoms with van der Waals surface area (Å²) in [6.45, 7) is 3.82. The average molecular weight is 433 g/mol. The van der Waals surface area contributed by atoms with E-state index in [1.807, 2.05) is 62.4 Å². The van der Waals surface area contributed by atoms with Gasteiger partial charge < -0.3 is 20.5 Å². The maximum absolute atomic E-state index is 12.7. The third kappa shape index (κ3) is 5.89. The molecule has 0 aromatic heterocycles. The molecule has 0 bridgehead atoms. The minimum absolute atomic E-state index is 0. The molecule has 5 nitrogen and oxygen atoms in total. The predicted molar refractivity (Wildman–Crippen MR) is 122 cm³/mol. The van der Waals surface area contributed by atoms with Crippen LogP contribution in [0.3, 0.4) is 0 Å². The van der Waals surface area contributed by atoms with E-state index in [4.69, 9.17) is 15.2 Å². The van der Waals surface area contributed by atoms with E-state index in [9.17, 15) is 4.79 Å². The zero-order valence-corrected chi connectivity index (χ0v) is 18.8. The molecule has 6 heteroatoms. The fraction of sp³-hybridized carbons (Fsp3) is 0.458. The Morgan fingerprint density at radius 1 is 1.03 bits per heavy atom. The van der Waals surface area contributed by atoms with E-state index in [0.29, 0.717) is 5.75 Å². The molecule has 0 aliphatic heterocycles. The number of methoxy groups -OCH3 is 1. The Morgan fingerprint density at radius 3 is 2.33 bits per heavy atom. The van der Waals surface area contributed by atoms with Crippen LogP contribution in [0.25, 0.3) is 0 Å². The number of carbonyl (C=O) groups excluding carboxylic acids is 1. The summed E-state index contributed by atoms with van der Waals surface area (Å²) in [6, 6.07) is 15.1. The van der Waals surface area contributed by atoms with Gasteiger partial charge in [0.15, 0.2) is 11.5 Å². The van der Waals surface area contributed by atoms with Crippen LogP contribution < -0.4 is 20.5 Å². The van der Waals surface area contributed by atoms with Crippen LogP contribution in [0.1, 0.15) is 62.7 Å². The van der Waals surface area contributed by atoms with Gasteiger partial charge in [0.25, 0.3) is 0 Å². The lowest BCUT2D eigenvalue weighted by atomic mass is 9.94. The van der Waals surface area contributed by atoms with Crippen LogP contribution >= 0.6 is 12.4 Å². The number of ether oxygens (including phenoxy) is 2. The molecule has 3 atom stereocenters. The van der Waals surface area contributed by atoms with Gasteiger partial charge in [-0.25, -0.2) is 0 Å². The molecule has 0 heterocycles. The molecule has 1 fully saturated rings. The SMILES string of the molecule is COc1cc(C(C)NC(=O)C(C)C(N)c2ccccc2)ccc1OC1CCCC1.Cl. The van der Waals surface area contributed by atoms with Crippen LogP contribution in [0.2, 0.25) is 0 Å². The van der Waals surface area contributed by atoms with Crippen molar-refractivity contribution < 1.29 is 14.3 Å². The van der Waals surface area contributed by atoms with E-state index in [-0.39, 0.29) is 42.4 Å². The van der Waals surface area contributed by atoms with E-state index < -0.39 is 0 Å². The number of amides is 1. The molecule has 3 rings (SSSR count). The highest BCUT2D eigenvalue weighted by molar-refractivity contribution is 5.85. The fourth-order valence-corrected chi connectivity index (χ4v) is 3.79. The number of nitrogens with two attached hydrogens (primary N) is 1. The van der Waals surface area contributed by atoms with Gasteiger partial charge in [0.2, 0.25) is 5.91 Å². The zero-order chi connectivity index (χ0) is 20.8. The van der Waals surface area contributed by atoms with Crippen LogP contribution in [0.5, 0.6) is 11.5 Å². The molecule has 1 saturated carbocycles. The molecular weight excluding hydrogens is 400 g/mol. The number of halogens is 1. The standard InChI is InChI=1S/C24H32N2O3.ClH/c1-16(23(25)18-9-5-4-6-10-18)24(27)26-17(2)19-13-14-21(22(15-19)28-3)29-20-11-7-8-12-20;/h4-6,9-10,13-17,20,23H,7-8,11-12,25H2,1-3H3,(H,26,27);1H. The number of hydrogen-bond donors (Lipinski definition) is 2. The first-order chi connectivity index (χ1) is 14.0. The van der Waals surface area contributed by atoms with Crippen LogP contribution in [0, 0.1) is 5.92 Å². The van der Waals surface area contributed by atoms with Crippen molar-refractivity contribution in [2.24, 2.45) is 11.7 Å². The van der Waals surface area contributed by atoms with Crippen molar-refractivity contribution >= 4 is 18.3 Å². The lowest BCUT2D eigenvalue weighted by Crippen LogP contribution is -2.36. The Balaban J connectivity index is 0.00000320. The number of rotatable bonds is 8. The zero-order valence-electron chi connectivity index (χ0n) is 18.0. The summed E-state index contributed by atoms with van der Waals surface area (Å²) in [5.74, 6) is 1.05. The van der Waals surface area contributed by atoms with Gasteiger partial charge in [0.1, 0.15) is 0 Å². The first-order valence-electron chi connectivity index (χ1n) is 10.4. The van der Waals surface area contributed by atoms with Crippen LogP contribution in [0.15, 0.2) is 48.5 Å². The number of nitrogens with one attached hydrogen (secondary N) is 1. The van der Waals surface area contributed by atoms with E-state index in [2.05, 4.69) is 5.32 Å². The molecule has 164 valence electrons. The van der Waals surface area contributed by atoms with Gasteiger partial charge in [-0.3, -0.25) is 4.79 Å². The number of benzene rings is 2. The highest BCUT2D eigenvalue weighted by Crippen LogP contribution is 2.34. The summed E-state index contributed by atoms with van der Waals surface area (Å²) in [5.41, 5.74) is 8.22. The molecule has 1 amide bonds. The van der Waals surface area contributed by atoms with Gasteiger partial charge in [0.05, 0.1) is 25.2 Å². The quantitative estimate of drug-likeness (QED) is 0.618. The Bertz CT molecular complexity index is 809. The normalized spacial score (nSPS) is 16.8. The van der Waals surface area contributed by atoms with Crippen LogP contribution in [-0.4, -0.2) is 19.1 Å². The van der Waals surface area contributed by atoms with Crippen LogP contribution in [0.4, 0.5) is 0 Å². The van der Waals surface area contributed by atoms with Gasteiger partial charge in [-0.2, -0.15) is 0 Å². The average Bonchev–Trinajstić information content (AvgIpc) is 3.26. The maximum atomic E-state index is 12.7. The molecule has 0 radical (unpaired) electrons. The lowest BCUT2D eigenvalue weighted by Gasteiger charge is -2.23. The van der Waals surface area contributed by atoms with Gasteiger partial charge in [-0.15, -0.1) is 12.4 Å². The maximum Gasteiger partial charge on any atom is 0.225 e. The summed E-state index contributed by atoms with van der Waals surface area (Å²) < 4.78 is 11.6. The summed E-state index contributed by atoms with van der Waals surface area (Å²) in [7, 11) is 1.64. The van der Waals surface area contributed by atoms with E-state index in [1.165, 1.54) is 12.8 Å². The first-order valence-corrected chi connectivity index (χ1v) is 10.4. The third-order valence-corrected chi connectivity index (χ3v) is 5.78. The van der Waals surface area contributed by atoms with Crippen molar-refractivity contribution in [3.05, 3.63) is 59.7 Å². The molecule has 0 spiro atoms. The second-order valence-corrected chi connectivity index (χ2v) is 7.89. The minimum Gasteiger partial charge on any atom is -0.493 e. The predicted octanol–water partition coefficient (Wildman–Crippen LogP) is 4.95. The topological polar surface area (TPSA) is 73.6 Å². The van der Waals surface area contributed by atoms with E-state index in [1.54, 1.807) is 7.11 Å². The molecule has 1 aliphatic rings. The lowest BCUT2D eigenvalue weighted by molar-refractivity contribution is -0.125. The second-order valence-electron chi connectivity index (χ2n) is 7.89. The highest BCUT2D eigenvalue weighted by Gasteiger charge is 2.24. The molecule has 1 aliphatic carbocycles. The molecule has 2 aromatic rings. The largest absolute Gasteiger partial charge is 0.493 e. The Morgan fingerprint density at radius 2 is 1.70 bits per heavy atom. The smallest absolute Gasteiger partial charge is 0.225 e. The molecule has 30 heavy (non-hydrogen) atoms. The van der Waals surface area contributed by atoms with Gasteiger partial charge in [0, 0.05) is 6.04 Å². The highest BCUT2D eigenvalue weighted by atomic mass is 35.5. The van der Waals surface area contributed by atoms with Crippen molar-refractivity contribution in [3.8, 4) is 11.5 Å². The Labute approximate surface area is 185 Å². The van der Waals surface area contributed by atoms with Crippen molar-refractivity contribution in [2.45, 2.75) is 57.7 Å². The molecule has 3 unspecified atom stereocenters. The number of carbonyl (C=O) groups is 1. The summed E-state index contributed by atoms with van der Waals surface area (Å²) in [4.78, 5) is 12.7. The van der Waals surface area contributed by atoms with Gasteiger partial charge in [-0.1, -0.05) is 43.3 Å². The summed E-state index contributed by atoms with van der Waals surface area (Å²) in [5, 5.41) is 3.08. The first kappa shape index (κ1) is 24.0. The van der Waals surface area contributed by atoms with Crippen LogP contribution in [-0.2, 0) is 4.79 Å². The van der Waals surface area contributed by atoms with Crippen molar-refractivity contribution in [1.82, 2.24) is 5.32 Å². The van der Waals surface area contributed by atoms with E-state index in [0.717, 1.165) is 29.7 Å². The number of hydrogen-bond acceptors (Lipinski definition) is 4. The third-order valence-electron chi connectivity index (χ3n) is 5.78. The second kappa shape index (κ2) is 11.2. The summed E-state index contributed by atoms with van der Waals surface area (Å²) >= 11 is 0. The Kier molecular flexibility index (Phi) is 9.00. The molecule has 2 aromatic carbocycles. The molecular formula is C24H33ClN2O3. The van der Waals surface area contributed by atoms with Gasteiger partial charge in [-0.05, 0) is 55.9 Å². The fourth-order valence-electron chi connectivity index (χ4n) is 3.79. The van der Waals surface area contributed by atoms with E-state index >= 15 is 0 Å². The Hall–Kier alpha value is -2.24. The minimum atomic E-state index is -0.347. The van der Waals surface area contributed by atoms with Gasteiger partial charge >= 0.3 is 0 Å².